The van der Waals surface area contributed by atoms with Crippen molar-refractivity contribution in [1.82, 2.24) is 9.13 Å². The Bertz CT molecular complexity index is 1150. The highest BCUT2D eigenvalue weighted by Gasteiger charge is 2.42. The third kappa shape index (κ3) is 5.22. The second kappa shape index (κ2) is 9.80. The van der Waals surface area contributed by atoms with Crippen molar-refractivity contribution < 1.29 is 23.5 Å². The minimum Gasteiger partial charge on any atom is -0.465 e. The fraction of sp³-hybridized carbons (Fsp3) is 0.227. The van der Waals surface area contributed by atoms with Gasteiger partial charge in [-0.3, -0.25) is 9.13 Å². The van der Waals surface area contributed by atoms with Crippen molar-refractivity contribution in [3.63, 3.8) is 0 Å². The number of carbonyl (C=O) groups excluding carboxylic acids is 2. The van der Waals surface area contributed by atoms with Crippen LogP contribution in [0.5, 0.6) is 0 Å². The summed E-state index contributed by atoms with van der Waals surface area (Å²) >= 11 is 0. The van der Waals surface area contributed by atoms with Gasteiger partial charge in [0.05, 0.1) is 26.8 Å². The van der Waals surface area contributed by atoms with Crippen molar-refractivity contribution in [1.29, 1.82) is 0 Å². The third-order valence-corrected chi connectivity index (χ3v) is 4.60. The topological polar surface area (TPSA) is 91.9 Å². The van der Waals surface area contributed by atoms with Gasteiger partial charge in [-0.1, -0.05) is 42.5 Å². The van der Waals surface area contributed by atoms with Gasteiger partial charge in [0.25, 0.3) is 5.72 Å². The number of isocyanates is 1. The molecule has 0 aliphatic carbocycles. The van der Waals surface area contributed by atoms with Crippen LogP contribution in [-0.2, 0) is 38.8 Å². The van der Waals surface area contributed by atoms with E-state index >= 15 is 0 Å². The molecule has 160 valence electrons. The minimum atomic E-state index is -2.10. The molecule has 1 heterocycles. The lowest BCUT2D eigenvalue weighted by Crippen LogP contribution is -2.46. The number of benzene rings is 2. The lowest BCUT2D eigenvalue weighted by atomic mass is 10.2. The largest absolute Gasteiger partial charge is 0.465 e. The first kappa shape index (κ1) is 21.9. The average Bonchev–Trinajstić information content (AvgIpc) is 3.11. The molecule has 8 nitrogen and oxygen atoms in total. The van der Waals surface area contributed by atoms with Crippen molar-refractivity contribution in [3.05, 3.63) is 94.4 Å². The molecule has 0 saturated heterocycles. The summed E-state index contributed by atoms with van der Waals surface area (Å²) in [5.41, 5.74) is -1.28. The number of hydrogen-bond acceptors (Lipinski definition) is 6. The Morgan fingerprint density at radius 1 is 1.10 bits per heavy atom. The molecule has 0 amide bonds. The maximum Gasteiger partial charge on any atom is 0.364 e. The van der Waals surface area contributed by atoms with Crippen LogP contribution >= 0.6 is 0 Å². The molecule has 0 unspecified atom stereocenters. The zero-order chi connectivity index (χ0) is 22.3. The predicted octanol–water partition coefficient (Wildman–Crippen LogP) is 2.26. The molecule has 0 N–H and O–H groups in total. The highest BCUT2D eigenvalue weighted by molar-refractivity contribution is 5.80. The summed E-state index contributed by atoms with van der Waals surface area (Å²) in [5, 5.41) is 0. The van der Waals surface area contributed by atoms with E-state index in [4.69, 9.17) is 9.47 Å². The van der Waals surface area contributed by atoms with Crippen LogP contribution in [0, 0.1) is 5.82 Å². The van der Waals surface area contributed by atoms with Crippen LogP contribution in [0.3, 0.4) is 0 Å². The normalized spacial score (nSPS) is 12.6. The van der Waals surface area contributed by atoms with Crippen LogP contribution in [0.4, 0.5) is 4.39 Å². The van der Waals surface area contributed by atoms with Gasteiger partial charge in [-0.15, -0.1) is 0 Å². The molecule has 0 aliphatic heterocycles. The second-order valence-electron chi connectivity index (χ2n) is 6.72. The quantitative estimate of drug-likeness (QED) is 0.298. The molecular weight excluding hydrogens is 405 g/mol. The van der Waals surface area contributed by atoms with Gasteiger partial charge in [0, 0.05) is 12.4 Å². The van der Waals surface area contributed by atoms with E-state index < -0.39 is 29.7 Å². The molecule has 0 aliphatic rings. The van der Waals surface area contributed by atoms with Gasteiger partial charge in [-0.25, -0.2) is 18.8 Å². The van der Waals surface area contributed by atoms with E-state index in [0.29, 0.717) is 5.56 Å². The number of rotatable bonds is 9. The average molecular weight is 425 g/mol. The Morgan fingerprint density at radius 2 is 1.81 bits per heavy atom. The number of aromatic nitrogens is 2. The van der Waals surface area contributed by atoms with Gasteiger partial charge in [0.15, 0.2) is 0 Å². The fourth-order valence-corrected chi connectivity index (χ4v) is 3.05. The lowest BCUT2D eigenvalue weighted by molar-refractivity contribution is -0.172. The smallest absolute Gasteiger partial charge is 0.364 e. The van der Waals surface area contributed by atoms with Crippen molar-refractivity contribution in [2.24, 2.45) is 4.99 Å². The van der Waals surface area contributed by atoms with Crippen molar-refractivity contribution >= 4 is 12.0 Å². The van der Waals surface area contributed by atoms with Crippen LogP contribution < -0.4 is 5.69 Å². The molecule has 0 spiro atoms. The Labute approximate surface area is 177 Å². The predicted molar refractivity (Wildman–Crippen MR) is 108 cm³/mol. The van der Waals surface area contributed by atoms with Gasteiger partial charge in [0.2, 0.25) is 6.08 Å². The van der Waals surface area contributed by atoms with Crippen molar-refractivity contribution in [2.45, 2.75) is 25.4 Å². The van der Waals surface area contributed by atoms with Crippen LogP contribution in [0.25, 0.3) is 0 Å². The highest BCUT2D eigenvalue weighted by Crippen LogP contribution is 2.20. The van der Waals surface area contributed by atoms with Crippen LogP contribution in [0.15, 0.2) is 76.8 Å². The standard InChI is InChI=1S/C22H20FN3O5/c1-30-20(28)22(24-16-27,31-14-17-6-3-2-4-7-17)15-26-11-10-25(21(26)29)13-18-8-5-9-19(23)12-18/h2-12H,13-15H2,1H3/t22-/m0/s1. The minimum absolute atomic E-state index is 0.0557. The molecule has 3 aromatic rings. The van der Waals surface area contributed by atoms with Crippen LogP contribution in [0.2, 0.25) is 0 Å². The summed E-state index contributed by atoms with van der Waals surface area (Å²) in [7, 11) is 1.13. The molecule has 2 aromatic carbocycles. The summed E-state index contributed by atoms with van der Waals surface area (Å²) in [5.74, 6) is -1.36. The zero-order valence-electron chi connectivity index (χ0n) is 16.7. The van der Waals surface area contributed by atoms with E-state index in [0.717, 1.165) is 12.7 Å². The highest BCUT2D eigenvalue weighted by atomic mass is 19.1. The number of aliphatic imine (C=N–C) groups is 1. The van der Waals surface area contributed by atoms with Gasteiger partial charge in [-0.05, 0) is 23.3 Å². The summed E-state index contributed by atoms with van der Waals surface area (Å²) in [6.07, 6.45) is 4.24. The molecule has 1 aromatic heterocycles. The van der Waals surface area contributed by atoms with Gasteiger partial charge >= 0.3 is 11.7 Å². The Balaban J connectivity index is 1.88. The van der Waals surface area contributed by atoms with Gasteiger partial charge in [0.1, 0.15) is 5.82 Å². The number of hydrogen-bond donors (Lipinski definition) is 0. The van der Waals surface area contributed by atoms with E-state index in [1.54, 1.807) is 36.4 Å². The van der Waals surface area contributed by atoms with E-state index in [-0.39, 0.29) is 13.2 Å². The molecular formula is C22H20FN3O5. The Kier molecular flexibility index (Phi) is 6.92. The van der Waals surface area contributed by atoms with Crippen LogP contribution in [-0.4, -0.2) is 34.0 Å². The summed E-state index contributed by atoms with van der Waals surface area (Å²) < 4.78 is 26.4. The maximum atomic E-state index is 13.4. The first-order valence-electron chi connectivity index (χ1n) is 9.33. The van der Waals surface area contributed by atoms with Crippen molar-refractivity contribution in [2.75, 3.05) is 7.11 Å². The molecule has 0 saturated carbocycles. The molecule has 9 heteroatoms. The second-order valence-corrected chi connectivity index (χ2v) is 6.72. The van der Waals surface area contributed by atoms with Gasteiger partial charge in [-0.2, -0.15) is 4.99 Å². The summed E-state index contributed by atoms with van der Waals surface area (Å²) in [6.45, 7) is -0.340. The number of nitrogens with zero attached hydrogens (tertiary/aromatic N) is 3. The molecule has 1 atom stereocenters. The number of halogens is 1. The lowest BCUT2D eigenvalue weighted by Gasteiger charge is -2.25. The SMILES string of the molecule is COC(=O)[C@@](Cn1ccn(Cc2cccc(F)c2)c1=O)(N=C=O)OCc1ccccc1. The number of methoxy groups -OCH3 is 1. The van der Waals surface area contributed by atoms with Crippen LogP contribution in [0.1, 0.15) is 11.1 Å². The maximum absolute atomic E-state index is 13.4. The first-order valence-corrected chi connectivity index (χ1v) is 9.33. The number of imidazole rings is 1. The third-order valence-electron chi connectivity index (χ3n) is 4.60. The van der Waals surface area contributed by atoms with E-state index in [2.05, 4.69) is 4.99 Å². The summed E-state index contributed by atoms with van der Waals surface area (Å²) in [6, 6.07) is 14.8. The van der Waals surface area contributed by atoms with E-state index in [9.17, 15) is 18.8 Å². The molecule has 0 radical (unpaired) electrons. The van der Waals surface area contributed by atoms with E-state index in [1.807, 2.05) is 6.07 Å². The van der Waals surface area contributed by atoms with E-state index in [1.165, 1.54) is 39.7 Å². The molecule has 0 fully saturated rings. The number of carbonyl (C=O) groups is 1. The van der Waals surface area contributed by atoms with Gasteiger partial charge < -0.3 is 9.47 Å². The Morgan fingerprint density at radius 3 is 2.48 bits per heavy atom. The molecule has 0 bridgehead atoms. The number of ether oxygens (including phenoxy) is 2. The molecule has 3 rings (SSSR count). The van der Waals surface area contributed by atoms with Crippen molar-refractivity contribution in [3.8, 4) is 0 Å². The first-order chi connectivity index (χ1) is 15.0. The zero-order valence-corrected chi connectivity index (χ0v) is 16.7. The monoisotopic (exact) mass is 425 g/mol. The fourth-order valence-electron chi connectivity index (χ4n) is 3.05. The number of esters is 1. The Hall–Kier alpha value is -3.81. The molecule has 31 heavy (non-hydrogen) atoms. The summed E-state index contributed by atoms with van der Waals surface area (Å²) in [4.78, 5) is 40.0.